The summed E-state index contributed by atoms with van der Waals surface area (Å²) in [7, 11) is 1.73. The summed E-state index contributed by atoms with van der Waals surface area (Å²) in [6, 6.07) is 4.63. The molecule has 0 bridgehead atoms. The van der Waals surface area contributed by atoms with Crippen LogP contribution in [-0.4, -0.2) is 71.2 Å². The number of rotatable bonds is 10. The second kappa shape index (κ2) is 11.6. The minimum atomic E-state index is 0.101. The molecule has 0 spiro atoms. The first kappa shape index (κ1) is 24.4. The third-order valence-electron chi connectivity index (χ3n) is 7.05. The molecule has 0 aromatic carbocycles. The highest BCUT2D eigenvalue weighted by atomic mass is 32.1. The highest BCUT2D eigenvalue weighted by Gasteiger charge is 2.35. The van der Waals surface area contributed by atoms with Gasteiger partial charge >= 0.3 is 0 Å². The van der Waals surface area contributed by atoms with Gasteiger partial charge < -0.3 is 19.1 Å². The molecule has 2 aliphatic rings. The summed E-state index contributed by atoms with van der Waals surface area (Å²) in [5, 5.41) is 0.881. The van der Waals surface area contributed by atoms with Gasteiger partial charge in [-0.15, -0.1) is 11.3 Å². The molecule has 0 saturated carbocycles. The maximum Gasteiger partial charge on any atom is 0.273 e. The Bertz CT molecular complexity index is 877. The van der Waals surface area contributed by atoms with Crippen LogP contribution in [0, 0.1) is 11.8 Å². The number of nitrogens with zero attached hydrogens (tertiary/aromatic N) is 4. The highest BCUT2D eigenvalue weighted by Crippen LogP contribution is 2.32. The molecule has 0 aliphatic carbocycles. The zero-order valence-electron chi connectivity index (χ0n) is 20.5. The molecule has 2 aliphatic heterocycles. The maximum atomic E-state index is 14.0. The number of aromatic nitrogens is 2. The monoisotopic (exact) mass is 472 g/mol. The van der Waals surface area contributed by atoms with Crippen molar-refractivity contribution in [3.8, 4) is 5.13 Å². The van der Waals surface area contributed by atoms with E-state index in [2.05, 4.69) is 23.6 Å². The Morgan fingerprint density at radius 2 is 2.00 bits per heavy atom. The van der Waals surface area contributed by atoms with Crippen LogP contribution in [0.3, 0.4) is 0 Å². The summed E-state index contributed by atoms with van der Waals surface area (Å²) in [5.41, 5.74) is 0.658. The molecule has 7 heteroatoms. The van der Waals surface area contributed by atoms with Crippen LogP contribution in [0.15, 0.2) is 24.5 Å². The van der Waals surface area contributed by atoms with Gasteiger partial charge in [-0.05, 0) is 75.6 Å². The van der Waals surface area contributed by atoms with E-state index in [-0.39, 0.29) is 5.91 Å². The number of carbonyl (C=O) groups excluding carboxylic acids is 1. The lowest BCUT2D eigenvalue weighted by atomic mass is 9.83. The average Bonchev–Trinajstić information content (AvgIpc) is 3.48. The van der Waals surface area contributed by atoms with Gasteiger partial charge in [-0.25, -0.2) is 4.98 Å². The first-order chi connectivity index (χ1) is 16.1. The molecule has 1 amide bonds. The summed E-state index contributed by atoms with van der Waals surface area (Å²) >= 11 is 1.66. The van der Waals surface area contributed by atoms with Crippen molar-refractivity contribution in [1.82, 2.24) is 19.4 Å². The number of ether oxygens (including phenoxy) is 1. The topological polar surface area (TPSA) is 50.6 Å². The SMILES string of the molecule is COCCCN(CC1CCCN2CCCCC12)C(=O)c1nc(-n2cccc2)sc1CC(C)C. The molecule has 2 unspecified atom stereocenters. The van der Waals surface area contributed by atoms with E-state index in [1.807, 2.05) is 29.1 Å². The van der Waals surface area contributed by atoms with Gasteiger partial charge in [0.2, 0.25) is 0 Å². The molecule has 2 atom stereocenters. The van der Waals surface area contributed by atoms with Crippen LogP contribution in [0.4, 0.5) is 0 Å². The summed E-state index contributed by atoms with van der Waals surface area (Å²) in [5.74, 6) is 1.14. The van der Waals surface area contributed by atoms with Crippen molar-refractivity contribution in [2.45, 2.75) is 64.8 Å². The first-order valence-electron chi connectivity index (χ1n) is 12.7. The van der Waals surface area contributed by atoms with E-state index in [1.54, 1.807) is 18.4 Å². The van der Waals surface area contributed by atoms with E-state index >= 15 is 0 Å². The van der Waals surface area contributed by atoms with Crippen LogP contribution in [0.25, 0.3) is 5.13 Å². The quantitative estimate of drug-likeness (QED) is 0.463. The zero-order valence-corrected chi connectivity index (χ0v) is 21.4. The molecule has 2 aromatic rings. The summed E-state index contributed by atoms with van der Waals surface area (Å²) in [6.45, 7) is 9.11. The van der Waals surface area contributed by atoms with E-state index in [9.17, 15) is 4.79 Å². The van der Waals surface area contributed by atoms with Crippen LogP contribution < -0.4 is 0 Å². The predicted molar refractivity (Wildman–Crippen MR) is 134 cm³/mol. The van der Waals surface area contributed by atoms with Gasteiger partial charge in [0.05, 0.1) is 0 Å². The van der Waals surface area contributed by atoms with Crippen molar-refractivity contribution >= 4 is 17.2 Å². The normalized spacial score (nSPS) is 21.3. The van der Waals surface area contributed by atoms with Crippen LogP contribution >= 0.6 is 11.3 Å². The van der Waals surface area contributed by atoms with E-state index in [1.165, 1.54) is 45.2 Å². The molecule has 2 aromatic heterocycles. The highest BCUT2D eigenvalue weighted by molar-refractivity contribution is 7.14. The lowest BCUT2D eigenvalue weighted by molar-refractivity contribution is 0.0344. The largest absolute Gasteiger partial charge is 0.385 e. The molecule has 0 radical (unpaired) electrons. The Morgan fingerprint density at radius 1 is 1.21 bits per heavy atom. The van der Waals surface area contributed by atoms with Crippen LogP contribution in [0.5, 0.6) is 0 Å². The number of piperidine rings is 2. The minimum Gasteiger partial charge on any atom is -0.385 e. The Balaban J connectivity index is 1.58. The summed E-state index contributed by atoms with van der Waals surface area (Å²) in [6.07, 6.45) is 12.1. The third-order valence-corrected chi connectivity index (χ3v) is 8.15. The Morgan fingerprint density at radius 3 is 2.76 bits per heavy atom. The van der Waals surface area contributed by atoms with Gasteiger partial charge in [0, 0.05) is 50.1 Å². The number of amides is 1. The fourth-order valence-corrected chi connectivity index (χ4v) is 6.72. The molecular weight excluding hydrogens is 432 g/mol. The molecule has 4 rings (SSSR count). The zero-order chi connectivity index (χ0) is 23.2. The van der Waals surface area contributed by atoms with E-state index < -0.39 is 0 Å². The van der Waals surface area contributed by atoms with E-state index in [0.29, 0.717) is 30.2 Å². The lowest BCUT2D eigenvalue weighted by Gasteiger charge is -2.45. The Kier molecular flexibility index (Phi) is 8.61. The van der Waals surface area contributed by atoms with Crippen molar-refractivity contribution in [1.29, 1.82) is 0 Å². The Labute approximate surface area is 202 Å². The van der Waals surface area contributed by atoms with Crippen molar-refractivity contribution in [3.05, 3.63) is 35.1 Å². The van der Waals surface area contributed by atoms with Crippen molar-refractivity contribution in [2.24, 2.45) is 11.8 Å². The first-order valence-corrected chi connectivity index (χ1v) is 13.5. The number of fused-ring (bicyclic) bond motifs is 1. The number of methoxy groups -OCH3 is 1. The molecule has 0 N–H and O–H groups in total. The van der Waals surface area contributed by atoms with Crippen molar-refractivity contribution in [3.63, 3.8) is 0 Å². The molecule has 182 valence electrons. The van der Waals surface area contributed by atoms with E-state index in [0.717, 1.165) is 35.9 Å². The summed E-state index contributed by atoms with van der Waals surface area (Å²) < 4.78 is 7.34. The van der Waals surface area contributed by atoms with Crippen LogP contribution in [0.1, 0.15) is 67.7 Å². The van der Waals surface area contributed by atoms with Gasteiger partial charge in [-0.1, -0.05) is 20.3 Å². The molecule has 4 heterocycles. The fourth-order valence-electron chi connectivity index (χ4n) is 5.49. The predicted octanol–water partition coefficient (Wildman–Crippen LogP) is 4.88. The van der Waals surface area contributed by atoms with E-state index in [4.69, 9.17) is 9.72 Å². The fraction of sp³-hybridized carbons (Fsp3) is 0.692. The van der Waals surface area contributed by atoms with Gasteiger partial charge in [0.15, 0.2) is 5.13 Å². The van der Waals surface area contributed by atoms with Gasteiger partial charge in [-0.2, -0.15) is 0 Å². The number of thiazole rings is 1. The minimum absolute atomic E-state index is 0.101. The van der Waals surface area contributed by atoms with Crippen molar-refractivity contribution < 1.29 is 9.53 Å². The average molecular weight is 473 g/mol. The number of hydrogen-bond acceptors (Lipinski definition) is 5. The van der Waals surface area contributed by atoms with Gasteiger partial charge in [-0.3, -0.25) is 4.79 Å². The Hall–Kier alpha value is -1.70. The molecule has 33 heavy (non-hydrogen) atoms. The molecule has 2 fully saturated rings. The van der Waals surface area contributed by atoms with Crippen LogP contribution in [-0.2, 0) is 11.2 Å². The smallest absolute Gasteiger partial charge is 0.273 e. The number of hydrogen-bond donors (Lipinski definition) is 0. The van der Waals surface area contributed by atoms with Gasteiger partial charge in [0.25, 0.3) is 5.91 Å². The lowest BCUT2D eigenvalue weighted by Crippen LogP contribution is -2.51. The second-order valence-corrected chi connectivity index (χ2v) is 11.1. The molecule has 2 saturated heterocycles. The van der Waals surface area contributed by atoms with Gasteiger partial charge in [0.1, 0.15) is 5.69 Å². The maximum absolute atomic E-state index is 14.0. The molecular formula is C26H40N4O2S. The summed E-state index contributed by atoms with van der Waals surface area (Å²) in [4.78, 5) is 24.7. The second-order valence-electron chi connectivity index (χ2n) is 10.1. The standard InChI is InChI=1S/C26H40N4O2S/c1-20(2)18-23-24(27-26(33-23)29-13-6-7-14-29)25(31)30(16-9-17-32-3)19-21-10-8-15-28-12-5-4-11-22(21)28/h6-7,13-14,20-22H,4-5,8-12,15-19H2,1-3H3. The third kappa shape index (κ3) is 6.06. The molecule has 6 nitrogen and oxygen atoms in total. The number of carbonyl (C=O) groups is 1. The van der Waals surface area contributed by atoms with Crippen molar-refractivity contribution in [2.75, 3.05) is 39.9 Å². The van der Waals surface area contributed by atoms with Crippen LogP contribution in [0.2, 0.25) is 0 Å².